The van der Waals surface area contributed by atoms with E-state index < -0.39 is 0 Å². The molecule has 0 bridgehead atoms. The highest BCUT2D eigenvalue weighted by atomic mass is 16.1. The third-order valence-electron chi connectivity index (χ3n) is 4.73. The summed E-state index contributed by atoms with van der Waals surface area (Å²) in [7, 11) is 1.90. The van der Waals surface area contributed by atoms with Crippen molar-refractivity contribution in [2.45, 2.75) is 20.3 Å². The summed E-state index contributed by atoms with van der Waals surface area (Å²) in [4.78, 5) is 23.5. The molecule has 1 aliphatic rings. The molecule has 6 heteroatoms. The molecular weight excluding hydrogens is 326 g/mol. The zero-order chi connectivity index (χ0) is 18.3. The Morgan fingerprint density at radius 1 is 1.19 bits per heavy atom. The second-order valence-corrected chi connectivity index (χ2v) is 7.99. The number of carbonyl (C=O) groups is 1. The van der Waals surface area contributed by atoms with Crippen LogP contribution in [0.1, 0.15) is 19.7 Å². The minimum absolute atomic E-state index is 0.170. The van der Waals surface area contributed by atoms with Gasteiger partial charge in [-0.25, -0.2) is 9.97 Å². The average molecular weight is 349 g/mol. The van der Waals surface area contributed by atoms with Gasteiger partial charge in [-0.2, -0.15) is 5.10 Å². The predicted molar refractivity (Wildman–Crippen MR) is 101 cm³/mol. The van der Waals surface area contributed by atoms with Gasteiger partial charge in [-0.15, -0.1) is 0 Å². The number of hydrogen-bond acceptors (Lipinski definition) is 5. The van der Waals surface area contributed by atoms with Crippen LogP contribution in [0.2, 0.25) is 0 Å². The summed E-state index contributed by atoms with van der Waals surface area (Å²) >= 11 is 0. The van der Waals surface area contributed by atoms with Crippen LogP contribution < -0.4 is 0 Å². The molecule has 2 aromatic heterocycles. The number of aryl methyl sites for hydroxylation is 1. The van der Waals surface area contributed by atoms with Gasteiger partial charge in [0, 0.05) is 43.5 Å². The zero-order valence-corrected chi connectivity index (χ0v) is 15.4. The Morgan fingerprint density at radius 3 is 2.69 bits per heavy atom. The van der Waals surface area contributed by atoms with E-state index >= 15 is 0 Å². The first kappa shape index (κ1) is 16.8. The average Bonchev–Trinajstić information content (AvgIpc) is 2.99. The Hall–Kier alpha value is -2.60. The van der Waals surface area contributed by atoms with Crippen molar-refractivity contribution >= 4 is 16.7 Å². The number of likely N-dealkylation sites (tertiary alicyclic amines) is 1. The van der Waals surface area contributed by atoms with E-state index in [1.165, 1.54) is 0 Å². The first-order chi connectivity index (χ1) is 12.4. The number of aromatic nitrogens is 4. The van der Waals surface area contributed by atoms with E-state index in [0.717, 1.165) is 35.1 Å². The zero-order valence-electron chi connectivity index (χ0n) is 15.4. The van der Waals surface area contributed by atoms with Gasteiger partial charge in [0.15, 0.2) is 5.78 Å². The van der Waals surface area contributed by atoms with Crippen LogP contribution in [0.25, 0.3) is 22.0 Å². The number of nitrogens with zero attached hydrogens (tertiary/aromatic N) is 5. The molecule has 0 amide bonds. The molecule has 1 fully saturated rings. The molecule has 0 radical (unpaired) electrons. The van der Waals surface area contributed by atoms with Crippen molar-refractivity contribution in [3.63, 3.8) is 0 Å². The molecule has 0 saturated carbocycles. The van der Waals surface area contributed by atoms with Gasteiger partial charge in [-0.3, -0.25) is 14.4 Å². The smallest absolute Gasteiger partial charge is 0.154 e. The number of ketones is 1. The molecular formula is C20H23N5O. The predicted octanol–water partition coefficient (Wildman–Crippen LogP) is 2.48. The van der Waals surface area contributed by atoms with Crippen LogP contribution in [0.4, 0.5) is 0 Å². The molecule has 134 valence electrons. The molecule has 6 nitrogen and oxygen atoms in total. The van der Waals surface area contributed by atoms with Crippen LogP contribution in [-0.2, 0) is 18.3 Å². The maximum absolute atomic E-state index is 12.3. The Kier molecular flexibility index (Phi) is 4.07. The quantitative estimate of drug-likeness (QED) is 0.708. The first-order valence-corrected chi connectivity index (χ1v) is 8.87. The third-order valence-corrected chi connectivity index (χ3v) is 4.73. The first-order valence-electron chi connectivity index (χ1n) is 8.87. The highest BCUT2D eigenvalue weighted by Crippen LogP contribution is 2.28. The summed E-state index contributed by atoms with van der Waals surface area (Å²) in [6.07, 6.45) is 5.89. The third kappa shape index (κ3) is 3.51. The number of hydrogen-bond donors (Lipinski definition) is 0. The summed E-state index contributed by atoms with van der Waals surface area (Å²) in [5, 5.41) is 5.19. The SMILES string of the molecule is Cn1cc(-c2ccc3cnc(CC(=O)CN4CC(C)(C)C4)nc3c2)cn1. The summed E-state index contributed by atoms with van der Waals surface area (Å²) in [5.41, 5.74) is 3.30. The van der Waals surface area contributed by atoms with E-state index in [-0.39, 0.29) is 12.2 Å². The van der Waals surface area contributed by atoms with E-state index in [0.29, 0.717) is 17.8 Å². The van der Waals surface area contributed by atoms with Gasteiger partial charge >= 0.3 is 0 Å². The van der Waals surface area contributed by atoms with Gasteiger partial charge in [0.25, 0.3) is 0 Å². The van der Waals surface area contributed by atoms with E-state index in [4.69, 9.17) is 0 Å². The van der Waals surface area contributed by atoms with Crippen LogP contribution in [-0.4, -0.2) is 50.1 Å². The van der Waals surface area contributed by atoms with Crippen molar-refractivity contribution in [3.8, 4) is 11.1 Å². The van der Waals surface area contributed by atoms with Gasteiger partial charge in [0.05, 0.1) is 24.7 Å². The van der Waals surface area contributed by atoms with Crippen LogP contribution in [0, 0.1) is 5.41 Å². The number of Topliss-reactive ketones (excluding diaryl/α,β-unsaturated/α-hetero) is 1. The van der Waals surface area contributed by atoms with E-state index in [1.54, 1.807) is 10.9 Å². The largest absolute Gasteiger partial charge is 0.298 e. The Labute approximate surface area is 152 Å². The van der Waals surface area contributed by atoms with Crippen LogP contribution >= 0.6 is 0 Å². The fraction of sp³-hybridized carbons (Fsp3) is 0.400. The molecule has 0 unspecified atom stereocenters. The lowest BCUT2D eigenvalue weighted by atomic mass is 9.84. The van der Waals surface area contributed by atoms with Crippen LogP contribution in [0.15, 0.2) is 36.8 Å². The molecule has 0 aliphatic carbocycles. The molecule has 3 aromatic rings. The molecule has 1 saturated heterocycles. The summed E-state index contributed by atoms with van der Waals surface area (Å²) in [6.45, 7) is 6.89. The Bertz CT molecular complexity index is 967. The molecule has 0 atom stereocenters. The molecule has 3 heterocycles. The lowest BCUT2D eigenvalue weighted by Gasteiger charge is -2.45. The van der Waals surface area contributed by atoms with Crippen molar-refractivity contribution in [2.24, 2.45) is 12.5 Å². The minimum atomic E-state index is 0.170. The normalized spacial score (nSPS) is 16.6. The van der Waals surface area contributed by atoms with Crippen molar-refractivity contribution in [2.75, 3.05) is 19.6 Å². The summed E-state index contributed by atoms with van der Waals surface area (Å²) in [6, 6.07) is 6.07. The highest BCUT2D eigenvalue weighted by Gasteiger charge is 2.34. The fourth-order valence-electron chi connectivity index (χ4n) is 3.65. The van der Waals surface area contributed by atoms with Crippen molar-refractivity contribution in [1.29, 1.82) is 0 Å². The second kappa shape index (κ2) is 6.29. The summed E-state index contributed by atoms with van der Waals surface area (Å²) < 4.78 is 1.78. The van der Waals surface area contributed by atoms with Gasteiger partial charge in [0.2, 0.25) is 0 Å². The standard InChI is InChI=1S/C20H23N5O/c1-20(2)12-25(13-20)11-17(26)7-19-21-8-15-5-4-14(6-18(15)23-19)16-9-22-24(3)10-16/h4-6,8-10H,7,11-13H2,1-3H3. The van der Waals surface area contributed by atoms with E-state index in [2.05, 4.69) is 33.8 Å². The molecule has 0 N–H and O–H groups in total. The molecule has 1 aliphatic heterocycles. The van der Waals surface area contributed by atoms with E-state index in [9.17, 15) is 4.79 Å². The maximum atomic E-state index is 12.3. The monoisotopic (exact) mass is 349 g/mol. The lowest BCUT2D eigenvalue weighted by molar-refractivity contribution is -0.122. The van der Waals surface area contributed by atoms with Crippen LogP contribution in [0.3, 0.4) is 0 Å². The van der Waals surface area contributed by atoms with Crippen molar-refractivity contribution in [3.05, 3.63) is 42.6 Å². The molecule has 26 heavy (non-hydrogen) atoms. The number of fused-ring (bicyclic) bond motifs is 1. The molecule has 0 spiro atoms. The van der Waals surface area contributed by atoms with Crippen molar-refractivity contribution in [1.82, 2.24) is 24.6 Å². The minimum Gasteiger partial charge on any atom is -0.298 e. The second-order valence-electron chi connectivity index (χ2n) is 7.99. The maximum Gasteiger partial charge on any atom is 0.154 e. The van der Waals surface area contributed by atoms with Gasteiger partial charge < -0.3 is 0 Å². The molecule has 1 aromatic carbocycles. The fourth-order valence-corrected chi connectivity index (χ4v) is 3.65. The highest BCUT2D eigenvalue weighted by molar-refractivity contribution is 5.85. The van der Waals surface area contributed by atoms with Gasteiger partial charge in [-0.05, 0) is 17.0 Å². The Balaban J connectivity index is 1.50. The van der Waals surface area contributed by atoms with E-state index in [1.807, 2.05) is 37.6 Å². The topological polar surface area (TPSA) is 63.9 Å². The van der Waals surface area contributed by atoms with Gasteiger partial charge in [0.1, 0.15) is 5.82 Å². The van der Waals surface area contributed by atoms with Crippen molar-refractivity contribution < 1.29 is 4.79 Å². The van der Waals surface area contributed by atoms with Crippen LogP contribution in [0.5, 0.6) is 0 Å². The number of rotatable bonds is 5. The summed E-state index contributed by atoms with van der Waals surface area (Å²) in [5.74, 6) is 0.758. The number of carbonyl (C=O) groups excluding carboxylic acids is 1. The van der Waals surface area contributed by atoms with Gasteiger partial charge in [-0.1, -0.05) is 26.0 Å². The lowest BCUT2D eigenvalue weighted by Crippen LogP contribution is -2.54. The Morgan fingerprint density at radius 2 is 2.00 bits per heavy atom. The molecule has 4 rings (SSSR count). The number of benzene rings is 1.